The van der Waals surface area contributed by atoms with E-state index in [2.05, 4.69) is 39.8 Å². The molecule has 0 aliphatic rings. The normalized spacial score (nSPS) is 11.2. The summed E-state index contributed by atoms with van der Waals surface area (Å²) in [7, 11) is 0. The summed E-state index contributed by atoms with van der Waals surface area (Å²) in [6.45, 7) is 4.92. The number of benzene rings is 1. The number of tetrazole rings is 1. The van der Waals surface area contributed by atoms with Crippen molar-refractivity contribution in [2.75, 3.05) is 0 Å². The highest BCUT2D eigenvalue weighted by molar-refractivity contribution is 5.63. The van der Waals surface area contributed by atoms with Crippen LogP contribution in [0.4, 0.5) is 0 Å². The van der Waals surface area contributed by atoms with Gasteiger partial charge in [-0.25, -0.2) is 4.68 Å². The molecule has 0 fully saturated rings. The molecule has 3 rings (SSSR count). The van der Waals surface area contributed by atoms with E-state index in [1.165, 1.54) is 0 Å². The molecule has 0 amide bonds. The average molecular weight is 284 g/mol. The monoisotopic (exact) mass is 284 g/mol. The van der Waals surface area contributed by atoms with Crippen molar-refractivity contribution in [3.8, 4) is 17.0 Å². The molecule has 0 atom stereocenters. The summed E-state index contributed by atoms with van der Waals surface area (Å²) in [5.41, 5.74) is 2.84. The first-order valence-corrected chi connectivity index (χ1v) is 6.75. The van der Waals surface area contributed by atoms with E-state index in [4.69, 9.17) is 4.52 Å². The maximum absolute atomic E-state index is 5.40. The van der Waals surface area contributed by atoms with Crippen molar-refractivity contribution in [3.63, 3.8) is 0 Å². The Kier molecular flexibility index (Phi) is 3.74. The molecule has 7 nitrogen and oxygen atoms in total. The smallest absolute Gasteiger partial charge is 0.171 e. The van der Waals surface area contributed by atoms with E-state index in [1.54, 1.807) is 17.2 Å². The van der Waals surface area contributed by atoms with E-state index in [0.717, 1.165) is 22.6 Å². The van der Waals surface area contributed by atoms with Crippen molar-refractivity contribution in [3.05, 3.63) is 42.4 Å². The van der Waals surface area contributed by atoms with Crippen molar-refractivity contribution < 1.29 is 4.52 Å². The predicted molar refractivity (Wildman–Crippen MR) is 76.6 cm³/mol. The average Bonchev–Trinajstić information content (AvgIpc) is 3.16. The first-order valence-electron chi connectivity index (χ1n) is 6.75. The molecular formula is C14H16N6O. The van der Waals surface area contributed by atoms with Gasteiger partial charge < -0.3 is 9.84 Å². The first-order chi connectivity index (χ1) is 10.2. The predicted octanol–water partition coefficient (Wildman–Crippen LogP) is 1.82. The summed E-state index contributed by atoms with van der Waals surface area (Å²) < 4.78 is 7.01. The molecule has 2 aromatic heterocycles. The minimum absolute atomic E-state index is 0.403. The van der Waals surface area contributed by atoms with Crippen LogP contribution in [0.3, 0.4) is 0 Å². The summed E-state index contributed by atoms with van der Waals surface area (Å²) in [5, 5.41) is 18.4. The van der Waals surface area contributed by atoms with Crippen LogP contribution in [0.1, 0.15) is 19.4 Å². The van der Waals surface area contributed by atoms with Crippen LogP contribution in [-0.2, 0) is 6.54 Å². The van der Waals surface area contributed by atoms with Gasteiger partial charge in [-0.05, 0) is 22.6 Å². The topological polar surface area (TPSA) is 81.7 Å². The lowest BCUT2D eigenvalue weighted by Crippen LogP contribution is -2.21. The zero-order valence-electron chi connectivity index (χ0n) is 11.9. The van der Waals surface area contributed by atoms with E-state index >= 15 is 0 Å². The fourth-order valence-electron chi connectivity index (χ4n) is 2.01. The number of hydrogen-bond donors (Lipinski definition) is 1. The maximum atomic E-state index is 5.40. The van der Waals surface area contributed by atoms with Crippen molar-refractivity contribution in [1.29, 1.82) is 0 Å². The third-order valence-electron chi connectivity index (χ3n) is 3.07. The van der Waals surface area contributed by atoms with Crippen LogP contribution in [0.5, 0.6) is 0 Å². The molecule has 7 heteroatoms. The standard InChI is InChI=1S/C14H16N6O/c1-10(2)15-7-12-8-17-21-14(12)11-4-3-5-13(6-11)20-9-16-18-19-20/h3-6,8-10,15H,7H2,1-2H3. The fourth-order valence-corrected chi connectivity index (χ4v) is 2.01. The van der Waals surface area contributed by atoms with E-state index in [-0.39, 0.29) is 0 Å². The summed E-state index contributed by atoms with van der Waals surface area (Å²) >= 11 is 0. The highest BCUT2D eigenvalue weighted by atomic mass is 16.5. The zero-order valence-corrected chi connectivity index (χ0v) is 11.9. The first kappa shape index (κ1) is 13.4. The second kappa shape index (κ2) is 5.84. The second-order valence-corrected chi connectivity index (χ2v) is 5.02. The van der Waals surface area contributed by atoms with Gasteiger partial charge in [-0.15, -0.1) is 5.10 Å². The summed E-state index contributed by atoms with van der Waals surface area (Å²) in [5.74, 6) is 0.762. The molecule has 1 N–H and O–H groups in total. The third kappa shape index (κ3) is 2.97. The Morgan fingerprint density at radius 3 is 3.00 bits per heavy atom. The molecule has 3 aromatic rings. The van der Waals surface area contributed by atoms with Crippen LogP contribution in [0.15, 0.2) is 41.3 Å². The molecule has 108 valence electrons. The SMILES string of the molecule is CC(C)NCc1cnoc1-c1cccc(-n2cnnn2)c1. The number of nitrogens with zero attached hydrogens (tertiary/aromatic N) is 5. The molecule has 0 saturated heterocycles. The van der Waals surface area contributed by atoms with Gasteiger partial charge in [-0.2, -0.15) is 0 Å². The molecule has 1 aromatic carbocycles. The number of rotatable bonds is 5. The molecule has 0 aliphatic heterocycles. The fraction of sp³-hybridized carbons (Fsp3) is 0.286. The molecule has 0 spiro atoms. The van der Waals surface area contributed by atoms with Gasteiger partial charge in [0.05, 0.1) is 11.9 Å². The highest BCUT2D eigenvalue weighted by Crippen LogP contribution is 2.25. The van der Waals surface area contributed by atoms with Crippen molar-refractivity contribution >= 4 is 0 Å². The van der Waals surface area contributed by atoms with Gasteiger partial charge in [-0.3, -0.25) is 0 Å². The Hall–Kier alpha value is -2.54. The molecule has 2 heterocycles. The largest absolute Gasteiger partial charge is 0.356 e. The Bertz CT molecular complexity index is 704. The minimum Gasteiger partial charge on any atom is -0.356 e. The molecule has 0 aliphatic carbocycles. The lowest BCUT2D eigenvalue weighted by atomic mass is 10.1. The highest BCUT2D eigenvalue weighted by Gasteiger charge is 2.12. The van der Waals surface area contributed by atoms with Crippen LogP contribution in [-0.4, -0.2) is 31.4 Å². The summed E-state index contributed by atoms with van der Waals surface area (Å²) in [4.78, 5) is 0. The Balaban J connectivity index is 1.91. The minimum atomic E-state index is 0.403. The van der Waals surface area contributed by atoms with Gasteiger partial charge >= 0.3 is 0 Å². The number of hydrogen-bond acceptors (Lipinski definition) is 6. The lowest BCUT2D eigenvalue weighted by molar-refractivity contribution is 0.431. The molecule has 0 saturated carbocycles. The Morgan fingerprint density at radius 1 is 1.33 bits per heavy atom. The van der Waals surface area contributed by atoms with E-state index in [1.807, 2.05) is 24.3 Å². The summed E-state index contributed by atoms with van der Waals surface area (Å²) in [6.07, 6.45) is 3.30. The molecular weight excluding hydrogens is 268 g/mol. The van der Waals surface area contributed by atoms with Crippen LogP contribution in [0, 0.1) is 0 Å². The van der Waals surface area contributed by atoms with Crippen LogP contribution in [0.25, 0.3) is 17.0 Å². The third-order valence-corrected chi connectivity index (χ3v) is 3.07. The van der Waals surface area contributed by atoms with E-state index < -0.39 is 0 Å². The molecule has 21 heavy (non-hydrogen) atoms. The van der Waals surface area contributed by atoms with Gasteiger partial charge in [-0.1, -0.05) is 31.1 Å². The second-order valence-electron chi connectivity index (χ2n) is 5.02. The summed E-state index contributed by atoms with van der Waals surface area (Å²) in [6, 6.07) is 8.22. The van der Waals surface area contributed by atoms with Crippen molar-refractivity contribution in [2.45, 2.75) is 26.4 Å². The van der Waals surface area contributed by atoms with Crippen LogP contribution >= 0.6 is 0 Å². The Morgan fingerprint density at radius 2 is 2.24 bits per heavy atom. The molecule has 0 radical (unpaired) electrons. The van der Waals surface area contributed by atoms with E-state index in [0.29, 0.717) is 12.6 Å². The van der Waals surface area contributed by atoms with Gasteiger partial charge in [0.25, 0.3) is 0 Å². The quantitative estimate of drug-likeness (QED) is 0.769. The van der Waals surface area contributed by atoms with Crippen molar-refractivity contribution in [2.24, 2.45) is 0 Å². The van der Waals surface area contributed by atoms with E-state index in [9.17, 15) is 0 Å². The maximum Gasteiger partial charge on any atom is 0.171 e. The van der Waals surface area contributed by atoms with Gasteiger partial charge in [0.1, 0.15) is 6.33 Å². The van der Waals surface area contributed by atoms with Gasteiger partial charge in [0.15, 0.2) is 5.76 Å². The molecule has 0 unspecified atom stereocenters. The number of aromatic nitrogens is 5. The van der Waals surface area contributed by atoms with Crippen LogP contribution in [0.2, 0.25) is 0 Å². The van der Waals surface area contributed by atoms with Gasteiger partial charge in [0, 0.05) is 23.7 Å². The van der Waals surface area contributed by atoms with Crippen LogP contribution < -0.4 is 5.32 Å². The van der Waals surface area contributed by atoms with Gasteiger partial charge in [0.2, 0.25) is 0 Å². The lowest BCUT2D eigenvalue weighted by Gasteiger charge is -2.08. The number of nitrogens with one attached hydrogen (secondary N) is 1. The molecule has 0 bridgehead atoms. The zero-order chi connectivity index (χ0) is 14.7. The Labute approximate surface area is 122 Å². The van der Waals surface area contributed by atoms with Crippen molar-refractivity contribution in [1.82, 2.24) is 30.7 Å².